The normalized spacial score (nSPS) is 11.3. The molecule has 0 unspecified atom stereocenters. The molecule has 0 aliphatic carbocycles. The molecule has 0 heterocycles. The predicted molar refractivity (Wildman–Crippen MR) is 196 cm³/mol. The lowest BCUT2D eigenvalue weighted by Crippen LogP contribution is -2.17. The summed E-state index contributed by atoms with van der Waals surface area (Å²) in [6.07, 6.45) is 17.0. The van der Waals surface area contributed by atoms with E-state index in [-0.39, 0.29) is 26.1 Å². The second kappa shape index (κ2) is 43.7. The van der Waals surface area contributed by atoms with Crippen molar-refractivity contribution in [2.45, 2.75) is 103 Å². The van der Waals surface area contributed by atoms with E-state index in [1.807, 2.05) is 0 Å². The minimum atomic E-state index is -1.56. The summed E-state index contributed by atoms with van der Waals surface area (Å²) in [5, 5.41) is 8.45. The minimum Gasteiger partial charge on any atom is -0.476 e. The Labute approximate surface area is 313 Å². The largest absolute Gasteiger partial charge is 0.476 e. The van der Waals surface area contributed by atoms with Gasteiger partial charge in [0.05, 0.1) is 119 Å². The molecule has 0 rings (SSSR count). The monoisotopic (exact) mass is 752 g/mol. The Bertz CT molecular complexity index is 770. The highest BCUT2D eigenvalue weighted by Crippen LogP contribution is 2.12. The van der Waals surface area contributed by atoms with Crippen LogP contribution in [0.3, 0.4) is 0 Å². The van der Waals surface area contributed by atoms with E-state index in [1.165, 1.54) is 77.0 Å². The molecule has 0 aromatic rings. The van der Waals surface area contributed by atoms with Crippen molar-refractivity contribution in [3.8, 4) is 0 Å². The van der Waals surface area contributed by atoms with Crippen molar-refractivity contribution in [2.24, 2.45) is 0 Å². The number of ether oxygens (including phenoxy) is 10. The van der Waals surface area contributed by atoms with Gasteiger partial charge >= 0.3 is 11.9 Å². The molecule has 308 valence electrons. The number of aliphatic carboxylic acids is 1. The minimum absolute atomic E-state index is 0.0188. The van der Waals surface area contributed by atoms with Crippen LogP contribution in [0.15, 0.2) is 0 Å². The van der Waals surface area contributed by atoms with Gasteiger partial charge in [0.2, 0.25) is 5.78 Å². The number of unbranched alkanes of at least 4 members (excludes halogenated alkanes) is 12. The molecule has 14 heteroatoms. The van der Waals surface area contributed by atoms with Crippen LogP contribution in [0.5, 0.6) is 0 Å². The third-order valence-corrected chi connectivity index (χ3v) is 7.65. The lowest BCUT2D eigenvalue weighted by molar-refractivity contribution is -0.151. The van der Waals surface area contributed by atoms with Gasteiger partial charge in [-0.2, -0.15) is 0 Å². The third-order valence-electron chi connectivity index (χ3n) is 7.65. The van der Waals surface area contributed by atoms with Gasteiger partial charge in [-0.3, -0.25) is 9.59 Å². The molecule has 0 aromatic heterocycles. The number of carboxylic acid groups (broad SMARTS) is 1. The first kappa shape index (κ1) is 50.2. The van der Waals surface area contributed by atoms with Crippen LogP contribution in [0.25, 0.3) is 0 Å². The molecular formula is C38H72O14. The zero-order chi connectivity index (χ0) is 37.8. The van der Waals surface area contributed by atoms with E-state index in [2.05, 4.69) is 6.92 Å². The van der Waals surface area contributed by atoms with Gasteiger partial charge in [-0.1, -0.05) is 84.0 Å². The summed E-state index contributed by atoms with van der Waals surface area (Å²) in [4.78, 5) is 32.7. The highest BCUT2D eigenvalue weighted by atomic mass is 16.6. The molecule has 0 aromatic carbocycles. The molecule has 14 nitrogen and oxygen atoms in total. The zero-order valence-corrected chi connectivity index (χ0v) is 32.3. The smallest absolute Gasteiger partial charge is 0.372 e. The molecule has 0 radical (unpaired) electrons. The van der Waals surface area contributed by atoms with E-state index in [0.29, 0.717) is 106 Å². The quantitative estimate of drug-likeness (QED) is 0.0490. The summed E-state index contributed by atoms with van der Waals surface area (Å²) >= 11 is 0. The lowest BCUT2D eigenvalue weighted by atomic mass is 10.0. The van der Waals surface area contributed by atoms with E-state index in [1.54, 1.807) is 0 Å². The van der Waals surface area contributed by atoms with Gasteiger partial charge in [-0.05, 0) is 6.42 Å². The topological polar surface area (TPSA) is 164 Å². The predicted octanol–water partition coefficient (Wildman–Crippen LogP) is 5.20. The molecule has 0 amide bonds. The Kier molecular flexibility index (Phi) is 42.2. The molecule has 1 N–H and O–H groups in total. The molecular weight excluding hydrogens is 680 g/mol. The fourth-order valence-electron chi connectivity index (χ4n) is 4.69. The first-order valence-corrected chi connectivity index (χ1v) is 19.7. The summed E-state index contributed by atoms with van der Waals surface area (Å²) in [5.41, 5.74) is 0. The van der Waals surface area contributed by atoms with Crippen LogP contribution >= 0.6 is 0 Å². The Balaban J connectivity index is 3.11. The van der Waals surface area contributed by atoms with Gasteiger partial charge in [0, 0.05) is 13.0 Å². The van der Waals surface area contributed by atoms with E-state index in [0.717, 1.165) is 13.0 Å². The number of hydrogen-bond acceptors (Lipinski definition) is 13. The maximum Gasteiger partial charge on any atom is 0.372 e. The van der Waals surface area contributed by atoms with Crippen LogP contribution in [-0.2, 0) is 61.8 Å². The van der Waals surface area contributed by atoms with Crippen molar-refractivity contribution in [1.82, 2.24) is 0 Å². The second-order valence-corrected chi connectivity index (χ2v) is 12.2. The zero-order valence-electron chi connectivity index (χ0n) is 32.3. The summed E-state index contributed by atoms with van der Waals surface area (Å²) in [7, 11) is 0. The Morgan fingerprint density at radius 1 is 0.346 bits per heavy atom. The Morgan fingerprint density at radius 3 is 0.923 bits per heavy atom. The molecule has 0 atom stereocenters. The van der Waals surface area contributed by atoms with Crippen molar-refractivity contribution < 1.29 is 66.9 Å². The van der Waals surface area contributed by atoms with Crippen molar-refractivity contribution in [3.05, 3.63) is 0 Å². The summed E-state index contributed by atoms with van der Waals surface area (Å²) in [6.45, 7) is 11.0. The van der Waals surface area contributed by atoms with Crippen molar-refractivity contribution in [1.29, 1.82) is 0 Å². The Morgan fingerprint density at radius 2 is 0.615 bits per heavy atom. The molecule has 52 heavy (non-hydrogen) atoms. The second-order valence-electron chi connectivity index (χ2n) is 12.2. The maximum atomic E-state index is 11.4. The highest BCUT2D eigenvalue weighted by molar-refractivity contribution is 6.32. The van der Waals surface area contributed by atoms with E-state index >= 15 is 0 Å². The van der Waals surface area contributed by atoms with E-state index in [4.69, 9.17) is 52.5 Å². The maximum absolute atomic E-state index is 11.4. The first-order chi connectivity index (χ1) is 25.6. The average Bonchev–Trinajstić information content (AvgIpc) is 3.14. The number of esters is 1. The van der Waals surface area contributed by atoms with Crippen LogP contribution in [-0.4, -0.2) is 148 Å². The van der Waals surface area contributed by atoms with Crippen LogP contribution < -0.4 is 0 Å². The SMILES string of the molecule is CCCCCCCCCCCCCCCOCCOCCOCCOCCOCCOCCOCCOCCOCCOC(=O)CCC(=O)C(=O)O. The van der Waals surface area contributed by atoms with Gasteiger partial charge in [-0.15, -0.1) is 0 Å². The van der Waals surface area contributed by atoms with Crippen LogP contribution in [0.2, 0.25) is 0 Å². The van der Waals surface area contributed by atoms with Gasteiger partial charge < -0.3 is 52.5 Å². The number of carbonyl (C=O) groups excluding carboxylic acids is 2. The first-order valence-electron chi connectivity index (χ1n) is 19.7. The summed E-state index contributed by atoms with van der Waals surface area (Å²) in [6, 6.07) is 0. The average molecular weight is 753 g/mol. The number of ketones is 1. The molecule has 0 aliphatic heterocycles. The molecule has 0 spiro atoms. The van der Waals surface area contributed by atoms with Crippen molar-refractivity contribution in [3.63, 3.8) is 0 Å². The Hall–Kier alpha value is -1.75. The van der Waals surface area contributed by atoms with E-state index < -0.39 is 17.7 Å². The molecule has 0 saturated heterocycles. The highest BCUT2D eigenvalue weighted by Gasteiger charge is 2.14. The van der Waals surface area contributed by atoms with Crippen molar-refractivity contribution >= 4 is 17.7 Å². The van der Waals surface area contributed by atoms with E-state index in [9.17, 15) is 14.4 Å². The molecule has 0 saturated carbocycles. The number of hydrogen-bond donors (Lipinski definition) is 1. The van der Waals surface area contributed by atoms with Gasteiger partial charge in [0.15, 0.2) is 0 Å². The number of carboxylic acids is 1. The molecule has 0 bridgehead atoms. The van der Waals surface area contributed by atoms with Crippen molar-refractivity contribution in [2.75, 3.05) is 126 Å². The number of Topliss-reactive ketones (excluding diaryl/α,β-unsaturated/α-hetero) is 1. The standard InChI is InChI=1S/C38H72O14/c1-2-3-4-5-6-7-8-9-10-11-12-13-14-17-43-18-19-44-20-21-45-22-23-46-24-25-47-26-27-48-28-29-49-30-31-50-32-33-51-34-35-52-37(40)16-15-36(39)38(41)42/h2-35H2,1H3,(H,41,42). The van der Waals surface area contributed by atoms with Gasteiger partial charge in [0.1, 0.15) is 6.61 Å². The van der Waals surface area contributed by atoms with Crippen LogP contribution in [0, 0.1) is 0 Å². The third kappa shape index (κ3) is 42.7. The van der Waals surface area contributed by atoms with Crippen LogP contribution in [0.4, 0.5) is 0 Å². The summed E-state index contributed by atoms with van der Waals surface area (Å²) < 4.78 is 54.1. The number of carbonyl (C=O) groups is 3. The fraction of sp³-hybridized carbons (Fsp3) is 0.921. The lowest BCUT2D eigenvalue weighted by Gasteiger charge is -2.09. The summed E-state index contributed by atoms with van der Waals surface area (Å²) in [5.74, 6) is -3.22. The molecule has 0 aliphatic rings. The molecule has 0 fully saturated rings. The van der Waals surface area contributed by atoms with Crippen LogP contribution in [0.1, 0.15) is 103 Å². The number of rotatable bonds is 45. The van der Waals surface area contributed by atoms with Gasteiger partial charge in [0.25, 0.3) is 0 Å². The van der Waals surface area contributed by atoms with Gasteiger partial charge in [-0.25, -0.2) is 4.79 Å². The fourth-order valence-corrected chi connectivity index (χ4v) is 4.69.